The number of hydrogen-bond donors (Lipinski definition) is 4. The Bertz CT molecular complexity index is 1220. The molecular weight excluding hydrogens is 466 g/mol. The number of aryl methyl sites for hydroxylation is 2. The summed E-state index contributed by atoms with van der Waals surface area (Å²) in [5.41, 5.74) is 1.98. The number of carbonyl (C=O) groups excluding carboxylic acids is 5. The van der Waals surface area contributed by atoms with Crippen molar-refractivity contribution in [1.82, 2.24) is 25.3 Å². The first-order valence-electron chi connectivity index (χ1n) is 12.0. The lowest BCUT2D eigenvalue weighted by Crippen LogP contribution is -2.54. The smallest absolute Gasteiger partial charge is 0.320 e. The highest BCUT2D eigenvalue weighted by Crippen LogP contribution is 2.32. The molecule has 0 bridgehead atoms. The number of aromatic nitrogens is 2. The second-order valence-corrected chi connectivity index (χ2v) is 8.69. The number of benzene rings is 1. The van der Waals surface area contributed by atoms with Crippen LogP contribution in [-0.4, -0.2) is 63.5 Å². The lowest BCUT2D eigenvalue weighted by Gasteiger charge is -2.27. The van der Waals surface area contributed by atoms with Crippen molar-refractivity contribution in [2.45, 2.75) is 45.1 Å². The number of carbonyl (C=O) groups is 5. The van der Waals surface area contributed by atoms with Crippen LogP contribution in [0.15, 0.2) is 24.3 Å². The lowest BCUT2D eigenvalue weighted by atomic mass is 10.0. The van der Waals surface area contributed by atoms with Crippen molar-refractivity contribution in [3.05, 3.63) is 41.1 Å². The van der Waals surface area contributed by atoms with Gasteiger partial charge in [0.1, 0.15) is 6.04 Å². The minimum Gasteiger partial charge on any atom is -0.384 e. The van der Waals surface area contributed by atoms with Gasteiger partial charge in [0.2, 0.25) is 11.8 Å². The second kappa shape index (κ2) is 10.6. The Kier molecular flexibility index (Phi) is 7.32. The molecule has 1 saturated heterocycles. The summed E-state index contributed by atoms with van der Waals surface area (Å²) in [6, 6.07) is 5.44. The van der Waals surface area contributed by atoms with Crippen LogP contribution in [0.1, 0.15) is 59.0 Å². The molecule has 0 spiro atoms. The molecule has 0 radical (unpaired) electrons. The molecule has 36 heavy (non-hydrogen) atoms. The van der Waals surface area contributed by atoms with E-state index in [1.807, 2.05) is 20.0 Å². The molecule has 4 N–H and O–H groups in total. The van der Waals surface area contributed by atoms with Gasteiger partial charge in [0, 0.05) is 44.0 Å². The number of anilines is 2. The zero-order valence-corrected chi connectivity index (χ0v) is 20.2. The van der Waals surface area contributed by atoms with Gasteiger partial charge in [0.15, 0.2) is 5.82 Å². The zero-order valence-electron chi connectivity index (χ0n) is 20.2. The molecule has 1 atom stereocenters. The maximum atomic E-state index is 13.1. The van der Waals surface area contributed by atoms with Crippen molar-refractivity contribution in [3.63, 3.8) is 0 Å². The average Bonchev–Trinajstić information content (AvgIpc) is 3.32. The molecule has 1 fully saturated rings. The van der Waals surface area contributed by atoms with Gasteiger partial charge in [-0.1, -0.05) is 13.0 Å². The van der Waals surface area contributed by atoms with E-state index in [9.17, 15) is 24.0 Å². The topological polar surface area (TPSA) is 155 Å². The Morgan fingerprint density at radius 1 is 1.14 bits per heavy atom. The monoisotopic (exact) mass is 495 g/mol. The van der Waals surface area contributed by atoms with Crippen molar-refractivity contribution in [1.29, 1.82) is 0 Å². The predicted octanol–water partition coefficient (Wildman–Crippen LogP) is 1.40. The third-order valence-corrected chi connectivity index (χ3v) is 6.25. The number of nitrogens with zero attached hydrogens (tertiary/aromatic N) is 3. The maximum Gasteiger partial charge on any atom is 0.320 e. The highest BCUT2D eigenvalue weighted by Gasteiger charge is 2.45. The minimum absolute atomic E-state index is 0.0720. The molecule has 2 aliphatic heterocycles. The molecular formula is C24H29N7O5. The molecule has 0 saturated carbocycles. The quantitative estimate of drug-likeness (QED) is 0.303. The molecule has 0 aliphatic carbocycles. The van der Waals surface area contributed by atoms with E-state index >= 15 is 0 Å². The summed E-state index contributed by atoms with van der Waals surface area (Å²) in [6.45, 7) is 2.98. The fraction of sp³-hybridized carbons (Fsp3) is 0.417. The van der Waals surface area contributed by atoms with Crippen LogP contribution in [0.5, 0.6) is 0 Å². The molecule has 1 aromatic heterocycles. The minimum atomic E-state index is -1.00. The first kappa shape index (κ1) is 24.9. The van der Waals surface area contributed by atoms with E-state index in [2.05, 4.69) is 26.4 Å². The molecule has 2 aromatic rings. The van der Waals surface area contributed by atoms with Gasteiger partial charge in [0.25, 0.3) is 11.8 Å². The van der Waals surface area contributed by atoms with Crippen LogP contribution >= 0.6 is 0 Å². The third kappa shape index (κ3) is 5.07. The first-order chi connectivity index (χ1) is 17.3. The van der Waals surface area contributed by atoms with Gasteiger partial charge in [-0.3, -0.25) is 39.4 Å². The van der Waals surface area contributed by atoms with E-state index in [1.165, 1.54) is 0 Å². The summed E-state index contributed by atoms with van der Waals surface area (Å²) in [5, 5.41) is 15.1. The number of unbranched alkanes of at least 4 members (excludes halogenated alkanes) is 1. The van der Waals surface area contributed by atoms with Crippen molar-refractivity contribution >= 4 is 41.2 Å². The Morgan fingerprint density at radius 3 is 2.64 bits per heavy atom. The average molecular weight is 496 g/mol. The highest BCUT2D eigenvalue weighted by molar-refractivity contribution is 6.25. The number of piperidine rings is 1. The van der Waals surface area contributed by atoms with E-state index in [-0.39, 0.29) is 30.0 Å². The number of hydrogen-bond acceptors (Lipinski definition) is 7. The fourth-order valence-electron chi connectivity index (χ4n) is 4.40. The highest BCUT2D eigenvalue weighted by atomic mass is 16.2. The van der Waals surface area contributed by atoms with Crippen LogP contribution in [0.3, 0.4) is 0 Å². The third-order valence-electron chi connectivity index (χ3n) is 6.25. The summed E-state index contributed by atoms with van der Waals surface area (Å²) >= 11 is 0. The number of imide groups is 2. The second-order valence-electron chi connectivity index (χ2n) is 8.69. The molecule has 1 aromatic carbocycles. The maximum absolute atomic E-state index is 13.1. The summed E-state index contributed by atoms with van der Waals surface area (Å²) in [5.74, 6) is -1.64. The largest absolute Gasteiger partial charge is 0.384 e. The van der Waals surface area contributed by atoms with Gasteiger partial charge in [-0.05, 0) is 37.8 Å². The van der Waals surface area contributed by atoms with Crippen LogP contribution in [0.4, 0.5) is 16.3 Å². The SMILES string of the molecule is CCc1cc(NC(=O)NCCCCNc2cccc3c2C(=O)N(C2CCC(=O)NC2=O)C3=O)nn1C. The van der Waals surface area contributed by atoms with E-state index < -0.39 is 29.7 Å². The van der Waals surface area contributed by atoms with E-state index in [4.69, 9.17) is 0 Å². The van der Waals surface area contributed by atoms with E-state index in [1.54, 1.807) is 22.9 Å². The number of nitrogens with one attached hydrogen (secondary N) is 4. The molecule has 1 unspecified atom stereocenters. The fourth-order valence-corrected chi connectivity index (χ4v) is 4.40. The zero-order chi connectivity index (χ0) is 25.8. The van der Waals surface area contributed by atoms with Crippen molar-refractivity contribution in [2.75, 3.05) is 23.7 Å². The van der Waals surface area contributed by atoms with Crippen LogP contribution < -0.4 is 21.3 Å². The van der Waals surface area contributed by atoms with Crippen LogP contribution in [0, 0.1) is 0 Å². The van der Waals surface area contributed by atoms with Gasteiger partial charge in [-0.15, -0.1) is 0 Å². The molecule has 12 heteroatoms. The molecule has 2 aliphatic rings. The molecule has 190 valence electrons. The summed E-state index contributed by atoms with van der Waals surface area (Å²) in [6.07, 6.45) is 2.39. The van der Waals surface area contributed by atoms with E-state index in [0.29, 0.717) is 37.4 Å². The lowest BCUT2D eigenvalue weighted by molar-refractivity contribution is -0.136. The predicted molar refractivity (Wildman–Crippen MR) is 130 cm³/mol. The van der Waals surface area contributed by atoms with E-state index in [0.717, 1.165) is 17.0 Å². The van der Waals surface area contributed by atoms with Gasteiger partial charge in [-0.25, -0.2) is 4.79 Å². The first-order valence-corrected chi connectivity index (χ1v) is 12.0. The Balaban J connectivity index is 1.26. The van der Waals surface area contributed by atoms with Crippen LogP contribution in [0.25, 0.3) is 0 Å². The normalized spacial score (nSPS) is 17.2. The molecule has 3 heterocycles. The van der Waals surface area contributed by atoms with Crippen molar-refractivity contribution in [3.8, 4) is 0 Å². The van der Waals surface area contributed by atoms with Crippen molar-refractivity contribution in [2.24, 2.45) is 7.05 Å². The van der Waals surface area contributed by atoms with Gasteiger partial charge in [-0.2, -0.15) is 5.10 Å². The number of rotatable bonds is 9. The van der Waals surface area contributed by atoms with Crippen LogP contribution in [0.2, 0.25) is 0 Å². The summed E-state index contributed by atoms with van der Waals surface area (Å²) < 4.78 is 1.73. The molecule has 4 rings (SSSR count). The Hall–Kier alpha value is -4.22. The number of urea groups is 1. The standard InChI is InChI=1S/C24H29N7O5/c1-3-14-13-18(29-30(14)2)27-24(36)26-12-5-4-11-25-16-8-6-7-15-20(16)23(35)31(22(15)34)17-9-10-19(32)28-21(17)33/h6-8,13,17,25H,3-5,9-12H2,1-2H3,(H,28,32,33)(H2,26,27,29,36). The van der Waals surface area contributed by atoms with Gasteiger partial charge >= 0.3 is 6.03 Å². The summed E-state index contributed by atoms with van der Waals surface area (Å²) in [7, 11) is 1.83. The number of fused-ring (bicyclic) bond motifs is 1. The van der Waals surface area contributed by atoms with Crippen LogP contribution in [-0.2, 0) is 23.1 Å². The van der Waals surface area contributed by atoms with Gasteiger partial charge < -0.3 is 10.6 Å². The summed E-state index contributed by atoms with van der Waals surface area (Å²) in [4.78, 5) is 62.7. The number of amides is 6. The van der Waals surface area contributed by atoms with Crippen molar-refractivity contribution < 1.29 is 24.0 Å². The van der Waals surface area contributed by atoms with Gasteiger partial charge in [0.05, 0.1) is 11.1 Å². The Morgan fingerprint density at radius 2 is 1.92 bits per heavy atom. The molecule has 6 amide bonds. The Labute approximate surface area is 207 Å². The molecule has 12 nitrogen and oxygen atoms in total.